The molecule has 0 spiro atoms. The minimum atomic E-state index is -0.175. The Balaban J connectivity index is 1.42. The second-order valence-corrected chi connectivity index (χ2v) is 6.94. The first kappa shape index (κ1) is 15.9. The maximum absolute atomic E-state index is 12.4. The summed E-state index contributed by atoms with van der Waals surface area (Å²) >= 11 is 1.56. The first-order valence-electron chi connectivity index (χ1n) is 8.14. The summed E-state index contributed by atoms with van der Waals surface area (Å²) in [6.45, 7) is 2.08. The van der Waals surface area contributed by atoms with Gasteiger partial charge < -0.3 is 9.84 Å². The highest BCUT2D eigenvalue weighted by Gasteiger charge is 2.18. The van der Waals surface area contributed by atoms with Crippen molar-refractivity contribution in [2.24, 2.45) is 0 Å². The molecule has 1 aromatic carbocycles. The Morgan fingerprint density at radius 1 is 1.20 bits per heavy atom. The van der Waals surface area contributed by atoms with E-state index in [1.807, 2.05) is 6.20 Å². The Morgan fingerprint density at radius 2 is 2.00 bits per heavy atom. The van der Waals surface area contributed by atoms with E-state index in [0.29, 0.717) is 22.4 Å². The summed E-state index contributed by atoms with van der Waals surface area (Å²) < 4.78 is 4.73. The lowest BCUT2D eigenvalue weighted by atomic mass is 9.97. The smallest absolute Gasteiger partial charge is 0.257 e. The van der Waals surface area contributed by atoms with E-state index in [1.54, 1.807) is 35.6 Å². The van der Waals surface area contributed by atoms with Gasteiger partial charge >= 0.3 is 0 Å². The number of amides is 1. The Labute approximate surface area is 148 Å². The monoisotopic (exact) mass is 355 g/mol. The number of piperidine rings is 1. The molecule has 0 radical (unpaired) electrons. The van der Waals surface area contributed by atoms with Crippen LogP contribution in [0.15, 0.2) is 41.4 Å². The summed E-state index contributed by atoms with van der Waals surface area (Å²) in [6, 6.07) is 7.06. The lowest BCUT2D eigenvalue weighted by Gasteiger charge is -2.20. The molecule has 25 heavy (non-hydrogen) atoms. The predicted octanol–water partition coefficient (Wildman–Crippen LogP) is 2.91. The number of nitrogens with zero attached hydrogens (tertiary/aromatic N) is 3. The van der Waals surface area contributed by atoms with Crippen LogP contribution in [0.3, 0.4) is 0 Å². The van der Waals surface area contributed by atoms with E-state index in [0.717, 1.165) is 31.5 Å². The second kappa shape index (κ2) is 7.12. The molecule has 3 heterocycles. The van der Waals surface area contributed by atoms with Crippen molar-refractivity contribution < 1.29 is 9.32 Å². The summed E-state index contributed by atoms with van der Waals surface area (Å²) in [5, 5.41) is 10.7. The molecule has 3 aromatic rings. The van der Waals surface area contributed by atoms with Crippen LogP contribution in [0, 0.1) is 0 Å². The summed E-state index contributed by atoms with van der Waals surface area (Å²) in [5.74, 6) is 0.864. The molecule has 1 saturated heterocycles. The fraction of sp³-hybridized carbons (Fsp3) is 0.294. The fourth-order valence-electron chi connectivity index (χ4n) is 2.88. The standard InChI is InChI=1S/C17H17N5O2S/c23-16(13-3-1-12(2-4-13)15-20-10-24-22-15)21-17-19-9-14(25-17)11-5-7-18-8-6-11/h1-4,9-11,18H,5-8H2,(H,19,21,23). The van der Waals surface area contributed by atoms with Crippen LogP contribution < -0.4 is 10.6 Å². The minimum absolute atomic E-state index is 0.175. The number of carbonyl (C=O) groups is 1. The van der Waals surface area contributed by atoms with Crippen molar-refractivity contribution in [3.63, 3.8) is 0 Å². The van der Waals surface area contributed by atoms with Crippen molar-refractivity contribution in [3.8, 4) is 11.4 Å². The second-order valence-electron chi connectivity index (χ2n) is 5.88. The molecule has 0 bridgehead atoms. The van der Waals surface area contributed by atoms with Crippen LogP contribution in [-0.4, -0.2) is 34.1 Å². The normalized spacial score (nSPS) is 15.2. The van der Waals surface area contributed by atoms with Crippen molar-refractivity contribution in [1.29, 1.82) is 0 Å². The molecule has 0 aliphatic carbocycles. The number of aromatic nitrogens is 3. The van der Waals surface area contributed by atoms with Gasteiger partial charge in [0.1, 0.15) is 0 Å². The lowest BCUT2D eigenvalue weighted by molar-refractivity contribution is 0.102. The van der Waals surface area contributed by atoms with E-state index in [9.17, 15) is 4.79 Å². The maximum atomic E-state index is 12.4. The van der Waals surface area contributed by atoms with Crippen molar-refractivity contribution in [2.75, 3.05) is 18.4 Å². The van der Waals surface area contributed by atoms with E-state index >= 15 is 0 Å². The van der Waals surface area contributed by atoms with Crippen LogP contribution in [-0.2, 0) is 0 Å². The van der Waals surface area contributed by atoms with E-state index < -0.39 is 0 Å². The zero-order valence-electron chi connectivity index (χ0n) is 13.4. The molecule has 0 unspecified atom stereocenters. The zero-order chi connectivity index (χ0) is 17.1. The van der Waals surface area contributed by atoms with Crippen LogP contribution >= 0.6 is 11.3 Å². The van der Waals surface area contributed by atoms with Gasteiger partial charge in [0.05, 0.1) is 0 Å². The van der Waals surface area contributed by atoms with Gasteiger partial charge in [0.15, 0.2) is 5.13 Å². The zero-order valence-corrected chi connectivity index (χ0v) is 14.3. The van der Waals surface area contributed by atoms with Gasteiger partial charge in [-0.25, -0.2) is 4.98 Å². The highest BCUT2D eigenvalue weighted by molar-refractivity contribution is 7.15. The third kappa shape index (κ3) is 3.59. The molecule has 1 amide bonds. The first-order chi connectivity index (χ1) is 12.3. The molecular weight excluding hydrogens is 338 g/mol. The van der Waals surface area contributed by atoms with E-state index in [2.05, 4.69) is 25.8 Å². The van der Waals surface area contributed by atoms with Gasteiger partial charge in [0, 0.05) is 22.2 Å². The topological polar surface area (TPSA) is 92.9 Å². The molecule has 1 aliphatic rings. The Kier molecular flexibility index (Phi) is 4.53. The van der Waals surface area contributed by atoms with Crippen LogP contribution in [0.2, 0.25) is 0 Å². The van der Waals surface area contributed by atoms with Crippen LogP contribution in [0.25, 0.3) is 11.4 Å². The van der Waals surface area contributed by atoms with Gasteiger partial charge in [-0.3, -0.25) is 10.1 Å². The molecule has 0 atom stereocenters. The van der Waals surface area contributed by atoms with Crippen LogP contribution in [0.5, 0.6) is 0 Å². The summed E-state index contributed by atoms with van der Waals surface area (Å²) in [6.07, 6.45) is 5.40. The molecule has 4 rings (SSSR count). The van der Waals surface area contributed by atoms with Gasteiger partial charge in [-0.2, -0.15) is 4.98 Å². The number of nitrogens with one attached hydrogen (secondary N) is 2. The average Bonchev–Trinajstić information content (AvgIpc) is 3.35. The SMILES string of the molecule is O=C(Nc1ncc(C2CCNCC2)s1)c1ccc(-c2ncon2)cc1. The van der Waals surface area contributed by atoms with Crippen LogP contribution in [0.1, 0.15) is 34.0 Å². The molecule has 7 nitrogen and oxygen atoms in total. The minimum Gasteiger partial charge on any atom is -0.342 e. The van der Waals surface area contributed by atoms with Gasteiger partial charge in [-0.15, -0.1) is 11.3 Å². The highest BCUT2D eigenvalue weighted by Crippen LogP contribution is 2.31. The largest absolute Gasteiger partial charge is 0.342 e. The van der Waals surface area contributed by atoms with Crippen molar-refractivity contribution in [1.82, 2.24) is 20.4 Å². The van der Waals surface area contributed by atoms with Crippen molar-refractivity contribution >= 4 is 22.4 Å². The number of thiazole rings is 1. The van der Waals surface area contributed by atoms with Crippen LogP contribution in [0.4, 0.5) is 5.13 Å². The number of benzene rings is 1. The lowest BCUT2D eigenvalue weighted by Crippen LogP contribution is -2.26. The van der Waals surface area contributed by atoms with Gasteiger partial charge in [0.2, 0.25) is 12.2 Å². The van der Waals surface area contributed by atoms with E-state index in [-0.39, 0.29) is 5.91 Å². The maximum Gasteiger partial charge on any atom is 0.257 e. The van der Waals surface area contributed by atoms with Gasteiger partial charge in [-0.05, 0) is 44.0 Å². The summed E-state index contributed by atoms with van der Waals surface area (Å²) in [4.78, 5) is 22.0. The number of anilines is 1. The quantitative estimate of drug-likeness (QED) is 0.747. The number of rotatable bonds is 4. The molecule has 1 fully saturated rings. The molecule has 2 aromatic heterocycles. The first-order valence-corrected chi connectivity index (χ1v) is 8.96. The fourth-order valence-corrected chi connectivity index (χ4v) is 3.86. The summed E-state index contributed by atoms with van der Waals surface area (Å²) in [5.41, 5.74) is 1.36. The number of hydrogen-bond donors (Lipinski definition) is 2. The molecular formula is C17H17N5O2S. The summed E-state index contributed by atoms with van der Waals surface area (Å²) in [7, 11) is 0. The molecule has 1 aliphatic heterocycles. The predicted molar refractivity (Wildman–Crippen MR) is 94.6 cm³/mol. The molecule has 128 valence electrons. The molecule has 0 saturated carbocycles. The van der Waals surface area contributed by atoms with E-state index in [4.69, 9.17) is 4.52 Å². The number of hydrogen-bond acceptors (Lipinski definition) is 7. The Morgan fingerprint density at radius 3 is 2.72 bits per heavy atom. The molecule has 2 N–H and O–H groups in total. The third-order valence-corrected chi connectivity index (χ3v) is 5.33. The van der Waals surface area contributed by atoms with E-state index in [1.165, 1.54) is 11.3 Å². The Bertz CT molecular complexity index is 838. The highest BCUT2D eigenvalue weighted by atomic mass is 32.1. The van der Waals surface area contributed by atoms with Gasteiger partial charge in [0.25, 0.3) is 5.91 Å². The van der Waals surface area contributed by atoms with Crippen molar-refractivity contribution in [2.45, 2.75) is 18.8 Å². The Hall–Kier alpha value is -2.58. The third-order valence-electron chi connectivity index (χ3n) is 4.25. The molecule has 8 heteroatoms. The average molecular weight is 355 g/mol. The van der Waals surface area contributed by atoms with Crippen molar-refractivity contribution in [3.05, 3.63) is 47.3 Å². The van der Waals surface area contributed by atoms with Gasteiger partial charge in [-0.1, -0.05) is 17.3 Å². The number of carbonyl (C=O) groups excluding carboxylic acids is 1.